The average Bonchev–Trinajstić information content (AvgIpc) is 2.96. The number of benzene rings is 1. The first-order chi connectivity index (χ1) is 15.7. The lowest BCUT2D eigenvalue weighted by atomic mass is 9.74. The first kappa shape index (κ1) is 26.6. The van der Waals surface area contributed by atoms with Crippen molar-refractivity contribution in [3.8, 4) is 5.75 Å². The summed E-state index contributed by atoms with van der Waals surface area (Å²) in [6, 6.07) is 6.73. The van der Waals surface area contributed by atoms with Crippen LogP contribution < -0.4 is 10.1 Å². The molecule has 8 heteroatoms. The number of carbonyl (C=O) groups is 3. The third kappa shape index (κ3) is 8.03. The van der Waals surface area contributed by atoms with Crippen molar-refractivity contribution in [1.82, 2.24) is 10.2 Å². The van der Waals surface area contributed by atoms with Crippen molar-refractivity contribution >= 4 is 18.0 Å². The predicted molar refractivity (Wildman–Crippen MR) is 125 cm³/mol. The molecule has 2 atom stereocenters. The van der Waals surface area contributed by atoms with Crippen LogP contribution in [0.5, 0.6) is 5.75 Å². The van der Waals surface area contributed by atoms with Gasteiger partial charge in [0.25, 0.3) is 0 Å². The second-order valence-electron chi connectivity index (χ2n) is 9.29. The summed E-state index contributed by atoms with van der Waals surface area (Å²) in [7, 11) is 2.15. The summed E-state index contributed by atoms with van der Waals surface area (Å²) < 4.78 is 10.5. The Kier molecular flexibility index (Phi) is 10.2. The van der Waals surface area contributed by atoms with Gasteiger partial charge in [0.2, 0.25) is 5.91 Å². The number of carboxylic acid groups (broad SMARTS) is 1. The first-order valence-electron chi connectivity index (χ1n) is 11.8. The van der Waals surface area contributed by atoms with Crippen molar-refractivity contribution in [2.24, 2.45) is 5.92 Å². The van der Waals surface area contributed by atoms with Crippen LogP contribution in [0.4, 0.5) is 4.79 Å². The van der Waals surface area contributed by atoms with Crippen LogP contribution in [0.2, 0.25) is 0 Å². The Morgan fingerprint density at radius 3 is 2.67 bits per heavy atom. The van der Waals surface area contributed by atoms with E-state index in [1.165, 1.54) is 18.4 Å². The van der Waals surface area contributed by atoms with Gasteiger partial charge in [0.15, 0.2) is 0 Å². The third-order valence-electron chi connectivity index (χ3n) is 6.36. The van der Waals surface area contributed by atoms with Crippen LogP contribution in [0, 0.1) is 5.92 Å². The monoisotopic (exact) mass is 462 g/mol. The number of rotatable bonds is 10. The topological polar surface area (TPSA) is 105 Å². The molecule has 2 N–H and O–H groups in total. The molecule has 1 aromatic carbocycles. The largest absolute Gasteiger partial charge is 0.513 e. The minimum atomic E-state index is -1.07. The minimum absolute atomic E-state index is 0.00898. The number of hydrogen-bond donors (Lipinski definition) is 2. The van der Waals surface area contributed by atoms with Crippen LogP contribution in [0.15, 0.2) is 24.3 Å². The Morgan fingerprint density at radius 1 is 1.24 bits per heavy atom. The molecule has 1 aromatic rings. The van der Waals surface area contributed by atoms with Crippen molar-refractivity contribution in [2.45, 2.75) is 70.8 Å². The lowest BCUT2D eigenvalue weighted by Crippen LogP contribution is -2.44. The molecule has 184 valence electrons. The van der Waals surface area contributed by atoms with Crippen molar-refractivity contribution in [2.75, 3.05) is 26.7 Å². The van der Waals surface area contributed by atoms with Gasteiger partial charge in [0.05, 0.1) is 6.61 Å². The number of likely N-dealkylation sites (N-methyl/N-ethyl adjacent to an activating group) is 1. The zero-order valence-electron chi connectivity index (χ0n) is 20.3. The van der Waals surface area contributed by atoms with Crippen molar-refractivity contribution in [1.29, 1.82) is 0 Å². The summed E-state index contributed by atoms with van der Waals surface area (Å²) in [5.74, 6) is -1.24. The van der Waals surface area contributed by atoms with Gasteiger partial charge >= 0.3 is 12.1 Å². The Labute approximate surface area is 196 Å². The number of hydrogen-bond acceptors (Lipinski definition) is 6. The van der Waals surface area contributed by atoms with Gasteiger partial charge in [0.1, 0.15) is 11.8 Å². The lowest BCUT2D eigenvalue weighted by Gasteiger charge is -2.35. The number of carboxylic acids is 1. The molecule has 1 aliphatic heterocycles. The Bertz CT molecular complexity index is 812. The van der Waals surface area contributed by atoms with E-state index < -0.39 is 18.2 Å². The number of ether oxygens (including phenoxy) is 2. The summed E-state index contributed by atoms with van der Waals surface area (Å²) in [6.45, 7) is 7.73. The molecule has 8 nitrogen and oxygen atoms in total. The smallest absolute Gasteiger partial charge is 0.480 e. The fraction of sp³-hybridized carbons (Fsp3) is 0.640. The summed E-state index contributed by atoms with van der Waals surface area (Å²) in [5, 5.41) is 11.6. The van der Waals surface area contributed by atoms with E-state index in [0.29, 0.717) is 5.75 Å². The quantitative estimate of drug-likeness (QED) is 0.308. The molecule has 0 aliphatic carbocycles. The van der Waals surface area contributed by atoms with Gasteiger partial charge in [-0.3, -0.25) is 4.79 Å². The molecule has 1 heterocycles. The van der Waals surface area contributed by atoms with E-state index in [2.05, 4.69) is 30.3 Å². The molecule has 0 saturated carbocycles. The molecule has 33 heavy (non-hydrogen) atoms. The van der Waals surface area contributed by atoms with Crippen LogP contribution in [0.3, 0.4) is 0 Å². The van der Waals surface area contributed by atoms with E-state index in [-0.39, 0.29) is 36.7 Å². The molecular weight excluding hydrogens is 424 g/mol. The van der Waals surface area contributed by atoms with Crippen molar-refractivity contribution in [3.05, 3.63) is 29.8 Å². The molecule has 1 amide bonds. The van der Waals surface area contributed by atoms with E-state index >= 15 is 0 Å². The van der Waals surface area contributed by atoms with Gasteiger partial charge in [0, 0.05) is 18.4 Å². The number of carbonyl (C=O) groups excluding carboxylic acids is 2. The fourth-order valence-electron chi connectivity index (χ4n) is 4.41. The number of aliphatic carboxylic acids is 1. The molecule has 1 fully saturated rings. The molecule has 2 unspecified atom stereocenters. The van der Waals surface area contributed by atoms with Crippen LogP contribution in [-0.4, -0.2) is 60.8 Å². The van der Waals surface area contributed by atoms with Crippen molar-refractivity contribution in [3.63, 3.8) is 0 Å². The summed E-state index contributed by atoms with van der Waals surface area (Å²) >= 11 is 0. The standard InChI is InChI=1S/C25H38N2O6/c1-5-25(13-6-7-14-27(4)17-25)19-10-8-11-20(16-19)33-24(31)32-15-9-12-21(28)26-22(18(2)3)23(29)30/h8,10-11,16,18,22H,5-7,9,12-15,17H2,1-4H3,(H,26,28)(H,29,30). The highest BCUT2D eigenvalue weighted by molar-refractivity contribution is 5.83. The number of likely N-dealkylation sites (tertiary alicyclic amines) is 1. The molecule has 0 aromatic heterocycles. The van der Waals surface area contributed by atoms with Crippen LogP contribution in [-0.2, 0) is 19.7 Å². The van der Waals surface area contributed by atoms with Crippen LogP contribution in [0.1, 0.15) is 64.9 Å². The van der Waals surface area contributed by atoms with Gasteiger partial charge in [-0.25, -0.2) is 9.59 Å². The van der Waals surface area contributed by atoms with Crippen molar-refractivity contribution < 1.29 is 29.0 Å². The van der Waals surface area contributed by atoms with Gasteiger partial charge in [-0.2, -0.15) is 0 Å². The number of nitrogens with zero attached hydrogens (tertiary/aromatic N) is 1. The molecule has 0 radical (unpaired) electrons. The molecule has 2 rings (SSSR count). The van der Waals surface area contributed by atoms with Gasteiger partial charge in [-0.1, -0.05) is 39.3 Å². The highest BCUT2D eigenvalue weighted by Gasteiger charge is 2.33. The maximum atomic E-state index is 12.1. The molecule has 0 spiro atoms. The lowest BCUT2D eigenvalue weighted by molar-refractivity contribution is -0.143. The van der Waals surface area contributed by atoms with Gasteiger partial charge in [-0.15, -0.1) is 0 Å². The van der Waals surface area contributed by atoms with E-state index in [0.717, 1.165) is 25.9 Å². The van der Waals surface area contributed by atoms with Gasteiger partial charge in [-0.05, 0) is 62.9 Å². The molecular formula is C25H38N2O6. The third-order valence-corrected chi connectivity index (χ3v) is 6.36. The highest BCUT2D eigenvalue weighted by atomic mass is 16.7. The first-order valence-corrected chi connectivity index (χ1v) is 11.8. The van der Waals surface area contributed by atoms with E-state index in [9.17, 15) is 14.4 Å². The molecule has 1 saturated heterocycles. The van der Waals surface area contributed by atoms with E-state index in [1.54, 1.807) is 19.9 Å². The Balaban J connectivity index is 1.85. The van der Waals surface area contributed by atoms with E-state index in [4.69, 9.17) is 14.6 Å². The highest BCUT2D eigenvalue weighted by Crippen LogP contribution is 2.37. The van der Waals surface area contributed by atoms with Crippen LogP contribution >= 0.6 is 0 Å². The molecule has 1 aliphatic rings. The average molecular weight is 463 g/mol. The second kappa shape index (κ2) is 12.6. The number of nitrogens with one attached hydrogen (secondary N) is 1. The maximum Gasteiger partial charge on any atom is 0.513 e. The fourth-order valence-corrected chi connectivity index (χ4v) is 4.41. The Hall–Kier alpha value is -2.61. The predicted octanol–water partition coefficient (Wildman–Crippen LogP) is 3.97. The molecule has 0 bridgehead atoms. The summed E-state index contributed by atoms with van der Waals surface area (Å²) in [5.41, 5.74) is 1.20. The number of amides is 1. The second-order valence-corrected chi connectivity index (χ2v) is 9.29. The zero-order valence-corrected chi connectivity index (χ0v) is 20.3. The van der Waals surface area contributed by atoms with Gasteiger partial charge < -0.3 is 24.8 Å². The normalized spacial score (nSPS) is 20.0. The zero-order chi connectivity index (χ0) is 24.4. The SMILES string of the molecule is CCC1(c2cccc(OC(=O)OCCCC(=O)NC(C(=O)O)C(C)C)c2)CCCCN(C)C1. The summed E-state index contributed by atoms with van der Waals surface area (Å²) in [4.78, 5) is 37.6. The van der Waals surface area contributed by atoms with E-state index in [1.807, 2.05) is 12.1 Å². The maximum absolute atomic E-state index is 12.1. The van der Waals surface area contributed by atoms with Crippen LogP contribution in [0.25, 0.3) is 0 Å². The Morgan fingerprint density at radius 2 is 2.00 bits per heavy atom. The summed E-state index contributed by atoms with van der Waals surface area (Å²) in [6.07, 6.45) is 3.98. The minimum Gasteiger partial charge on any atom is -0.480 e.